The second-order valence-corrected chi connectivity index (χ2v) is 9.33. The summed E-state index contributed by atoms with van der Waals surface area (Å²) in [5, 5.41) is 14.8. The highest BCUT2D eigenvalue weighted by Gasteiger charge is 2.37. The van der Waals surface area contributed by atoms with Crippen LogP contribution in [-0.4, -0.2) is 55.0 Å². The molecule has 2 amide bonds. The number of carbonyl (C=O) groups is 3. The molecule has 1 atom stereocenters. The van der Waals surface area contributed by atoms with E-state index in [1.54, 1.807) is 0 Å². The smallest absolute Gasteiger partial charge is 0.407 e. The molecule has 35 heavy (non-hydrogen) atoms. The van der Waals surface area contributed by atoms with Crippen molar-refractivity contribution in [3.05, 3.63) is 59.7 Å². The van der Waals surface area contributed by atoms with E-state index in [4.69, 9.17) is 9.47 Å². The number of ether oxygens (including phenoxy) is 2. The van der Waals surface area contributed by atoms with Gasteiger partial charge in [-0.2, -0.15) is 0 Å². The van der Waals surface area contributed by atoms with Gasteiger partial charge < -0.3 is 25.2 Å². The largest absolute Gasteiger partial charge is 0.481 e. The van der Waals surface area contributed by atoms with Gasteiger partial charge in [-0.1, -0.05) is 67.8 Å². The molecule has 8 heteroatoms. The summed E-state index contributed by atoms with van der Waals surface area (Å²) in [6.07, 6.45) is 2.25. The molecular formula is C27H32N2O6. The molecule has 0 bridgehead atoms. The number of carboxylic acid groups (broad SMARTS) is 1. The summed E-state index contributed by atoms with van der Waals surface area (Å²) < 4.78 is 10.8. The summed E-state index contributed by atoms with van der Waals surface area (Å²) in [6, 6.07) is 16.2. The van der Waals surface area contributed by atoms with Crippen molar-refractivity contribution in [3.63, 3.8) is 0 Å². The second-order valence-electron chi connectivity index (χ2n) is 9.33. The predicted molar refractivity (Wildman–Crippen MR) is 130 cm³/mol. The molecule has 4 rings (SSSR count). The molecule has 2 aliphatic rings. The Kier molecular flexibility index (Phi) is 7.70. The number of hydrogen-bond acceptors (Lipinski definition) is 5. The highest BCUT2D eigenvalue weighted by molar-refractivity contribution is 5.83. The summed E-state index contributed by atoms with van der Waals surface area (Å²) in [7, 11) is 1.38. The molecular weight excluding hydrogens is 448 g/mol. The highest BCUT2D eigenvalue weighted by atomic mass is 16.5. The van der Waals surface area contributed by atoms with Gasteiger partial charge in [0.25, 0.3) is 5.91 Å². The summed E-state index contributed by atoms with van der Waals surface area (Å²) >= 11 is 0. The Bertz CT molecular complexity index is 1030. The Hall–Kier alpha value is -3.39. The number of carboxylic acids is 1. The van der Waals surface area contributed by atoms with E-state index >= 15 is 0 Å². The first kappa shape index (κ1) is 24.7. The van der Waals surface area contributed by atoms with E-state index in [0.717, 1.165) is 41.5 Å². The molecule has 2 aliphatic carbocycles. The fourth-order valence-corrected chi connectivity index (χ4v) is 5.31. The Labute approximate surface area is 205 Å². The lowest BCUT2D eigenvalue weighted by Crippen LogP contribution is -2.55. The van der Waals surface area contributed by atoms with E-state index in [9.17, 15) is 19.5 Å². The summed E-state index contributed by atoms with van der Waals surface area (Å²) in [4.78, 5) is 36.7. The molecule has 2 aromatic carbocycles. The predicted octanol–water partition coefficient (Wildman–Crippen LogP) is 3.83. The summed E-state index contributed by atoms with van der Waals surface area (Å²) in [5.74, 6) is -1.44. The van der Waals surface area contributed by atoms with Gasteiger partial charge in [0.2, 0.25) is 0 Å². The van der Waals surface area contributed by atoms with Crippen LogP contribution in [0.5, 0.6) is 0 Å². The van der Waals surface area contributed by atoms with E-state index < -0.39 is 29.6 Å². The third-order valence-electron chi connectivity index (χ3n) is 7.04. The maximum Gasteiger partial charge on any atom is 0.407 e. The topological polar surface area (TPSA) is 114 Å². The average molecular weight is 481 g/mol. The molecule has 8 nitrogen and oxygen atoms in total. The lowest BCUT2D eigenvalue weighted by molar-refractivity contribution is -0.140. The molecule has 0 aliphatic heterocycles. The van der Waals surface area contributed by atoms with Crippen molar-refractivity contribution >= 4 is 18.0 Å². The van der Waals surface area contributed by atoms with Gasteiger partial charge in [-0.15, -0.1) is 0 Å². The number of methoxy groups -OCH3 is 1. The van der Waals surface area contributed by atoms with Gasteiger partial charge in [0.1, 0.15) is 6.61 Å². The van der Waals surface area contributed by atoms with E-state index in [-0.39, 0.29) is 25.5 Å². The molecule has 1 saturated carbocycles. The average Bonchev–Trinajstić information content (AvgIpc) is 3.17. The Morgan fingerprint density at radius 2 is 1.60 bits per heavy atom. The number of alkyl carbamates (subject to hydrolysis) is 1. The molecule has 0 aromatic heterocycles. The maximum absolute atomic E-state index is 12.9. The van der Waals surface area contributed by atoms with Crippen LogP contribution in [0.4, 0.5) is 4.79 Å². The number of rotatable bonds is 9. The lowest BCUT2D eigenvalue weighted by atomic mass is 9.79. The van der Waals surface area contributed by atoms with Crippen molar-refractivity contribution in [2.75, 3.05) is 20.3 Å². The molecule has 0 spiro atoms. The molecule has 3 N–H and O–H groups in total. The van der Waals surface area contributed by atoms with E-state index in [1.807, 2.05) is 36.4 Å². The van der Waals surface area contributed by atoms with Crippen molar-refractivity contribution < 1.29 is 29.0 Å². The van der Waals surface area contributed by atoms with Gasteiger partial charge in [-0.05, 0) is 35.1 Å². The van der Waals surface area contributed by atoms with Gasteiger partial charge in [0.05, 0.1) is 18.5 Å². The number of benzene rings is 2. The summed E-state index contributed by atoms with van der Waals surface area (Å²) in [5.41, 5.74) is 3.75. The molecule has 0 saturated heterocycles. The zero-order valence-corrected chi connectivity index (χ0v) is 19.9. The highest BCUT2D eigenvalue weighted by Crippen LogP contribution is 2.44. The first-order chi connectivity index (χ1) is 16.9. The maximum atomic E-state index is 12.9. The lowest BCUT2D eigenvalue weighted by Gasteiger charge is -2.37. The number of fused-ring (bicyclic) bond motifs is 3. The fourth-order valence-electron chi connectivity index (χ4n) is 5.31. The molecule has 186 valence electrons. The van der Waals surface area contributed by atoms with Crippen molar-refractivity contribution in [2.45, 2.75) is 56.1 Å². The van der Waals surface area contributed by atoms with Gasteiger partial charge >= 0.3 is 12.1 Å². The standard InChI is InChI=1S/C27H32N2O6/c1-34-23(25(32)29-27(15-24(30)31)13-7-2-8-14-27)16-28-26(33)35-17-22-20-11-5-3-9-18(20)19-10-4-6-12-21(19)22/h3-6,9-12,22-23H,2,7-8,13-17H2,1H3,(H,28,33)(H,29,32)(H,30,31). The zero-order chi connectivity index (χ0) is 24.8. The first-order valence-electron chi connectivity index (χ1n) is 12.1. The minimum Gasteiger partial charge on any atom is -0.481 e. The zero-order valence-electron chi connectivity index (χ0n) is 19.9. The Morgan fingerprint density at radius 1 is 1.00 bits per heavy atom. The third kappa shape index (κ3) is 5.65. The SMILES string of the molecule is COC(CNC(=O)OCC1c2ccccc2-c2ccccc21)C(=O)NC1(CC(=O)O)CCCCC1. The molecule has 2 aromatic rings. The quantitative estimate of drug-likeness (QED) is 0.503. The first-order valence-corrected chi connectivity index (χ1v) is 12.1. The van der Waals surface area contributed by atoms with Crippen LogP contribution in [-0.2, 0) is 19.1 Å². The number of nitrogens with one attached hydrogen (secondary N) is 2. The second kappa shape index (κ2) is 10.9. The van der Waals surface area contributed by atoms with Crippen LogP contribution >= 0.6 is 0 Å². The summed E-state index contributed by atoms with van der Waals surface area (Å²) in [6.45, 7) is 0.0909. The van der Waals surface area contributed by atoms with E-state index in [2.05, 4.69) is 22.8 Å². The van der Waals surface area contributed by atoms with Crippen molar-refractivity contribution in [1.82, 2.24) is 10.6 Å². The van der Waals surface area contributed by atoms with Crippen LogP contribution in [0.3, 0.4) is 0 Å². The Balaban J connectivity index is 1.32. The van der Waals surface area contributed by atoms with Gasteiger partial charge in [0, 0.05) is 13.0 Å². The minimum atomic E-state index is -0.955. The Morgan fingerprint density at radius 3 is 2.17 bits per heavy atom. The van der Waals surface area contributed by atoms with Crippen LogP contribution < -0.4 is 10.6 Å². The molecule has 0 radical (unpaired) electrons. The number of aliphatic carboxylic acids is 1. The van der Waals surface area contributed by atoms with Gasteiger partial charge in [-0.25, -0.2) is 4.79 Å². The van der Waals surface area contributed by atoms with Crippen LogP contribution in [0, 0.1) is 0 Å². The monoisotopic (exact) mass is 480 g/mol. The van der Waals surface area contributed by atoms with E-state index in [1.165, 1.54) is 7.11 Å². The van der Waals surface area contributed by atoms with Gasteiger partial charge in [0.15, 0.2) is 6.10 Å². The van der Waals surface area contributed by atoms with Crippen molar-refractivity contribution in [1.29, 1.82) is 0 Å². The van der Waals surface area contributed by atoms with Crippen molar-refractivity contribution in [2.24, 2.45) is 0 Å². The minimum absolute atomic E-state index is 0.0585. The van der Waals surface area contributed by atoms with Crippen LogP contribution in [0.2, 0.25) is 0 Å². The third-order valence-corrected chi connectivity index (χ3v) is 7.04. The van der Waals surface area contributed by atoms with Crippen molar-refractivity contribution in [3.8, 4) is 11.1 Å². The van der Waals surface area contributed by atoms with Crippen LogP contribution in [0.25, 0.3) is 11.1 Å². The number of carbonyl (C=O) groups excluding carboxylic acids is 2. The fraction of sp³-hybridized carbons (Fsp3) is 0.444. The van der Waals surface area contributed by atoms with Crippen LogP contribution in [0.1, 0.15) is 55.6 Å². The van der Waals surface area contributed by atoms with E-state index in [0.29, 0.717) is 12.8 Å². The number of hydrogen-bond donors (Lipinski definition) is 3. The normalized spacial score (nSPS) is 17.1. The molecule has 1 unspecified atom stereocenters. The van der Waals surface area contributed by atoms with Crippen LogP contribution in [0.15, 0.2) is 48.5 Å². The molecule has 0 heterocycles. The number of amides is 2. The van der Waals surface area contributed by atoms with Gasteiger partial charge in [-0.3, -0.25) is 9.59 Å². The molecule has 1 fully saturated rings.